The lowest BCUT2D eigenvalue weighted by Crippen LogP contribution is -2.33. The van der Waals surface area contributed by atoms with Crippen molar-refractivity contribution in [2.75, 3.05) is 23.3 Å². The van der Waals surface area contributed by atoms with Gasteiger partial charge in [0.05, 0.1) is 26.8 Å². The van der Waals surface area contributed by atoms with E-state index in [1.807, 2.05) is 4.90 Å². The second-order valence-electron chi connectivity index (χ2n) is 8.74. The van der Waals surface area contributed by atoms with Gasteiger partial charge in [-0.15, -0.1) is 0 Å². The third-order valence-corrected chi connectivity index (χ3v) is 6.68. The number of esters is 1. The minimum atomic E-state index is -0.486. The minimum Gasteiger partial charge on any atom is -0.459 e. The molecule has 10 heteroatoms. The van der Waals surface area contributed by atoms with Crippen LogP contribution in [0.3, 0.4) is 0 Å². The first-order valence-electron chi connectivity index (χ1n) is 11.2. The normalized spacial score (nSPS) is 14.4. The number of hydrogen-bond acceptors (Lipinski definition) is 8. The van der Waals surface area contributed by atoms with Gasteiger partial charge in [0.1, 0.15) is 5.69 Å². The molecule has 0 aliphatic carbocycles. The number of anilines is 2. The maximum atomic E-state index is 12.8. The summed E-state index contributed by atoms with van der Waals surface area (Å²) in [6, 6.07) is 9.55. The number of aromatic nitrogens is 1. The number of thiazole rings is 1. The van der Waals surface area contributed by atoms with Crippen LogP contribution in [0, 0.1) is 16.0 Å². The second kappa shape index (κ2) is 9.76. The number of rotatable bonds is 6. The van der Waals surface area contributed by atoms with Gasteiger partial charge in [0.25, 0.3) is 11.6 Å². The number of hydrogen-bond donors (Lipinski definition) is 1. The maximum absolute atomic E-state index is 12.8. The van der Waals surface area contributed by atoms with Crippen LogP contribution in [0.1, 0.15) is 54.3 Å². The van der Waals surface area contributed by atoms with Gasteiger partial charge in [-0.3, -0.25) is 20.2 Å². The van der Waals surface area contributed by atoms with E-state index in [0.717, 1.165) is 25.9 Å². The number of carbonyl (C=O) groups is 2. The fraction of sp³-hybridized carbons (Fsp3) is 0.375. The number of nitrogens with zero attached hydrogens (tertiary/aromatic N) is 3. The molecule has 1 amide bonds. The molecule has 0 spiro atoms. The number of carbonyl (C=O) groups excluding carboxylic acids is 2. The van der Waals surface area contributed by atoms with E-state index in [4.69, 9.17) is 4.74 Å². The van der Waals surface area contributed by atoms with Crippen LogP contribution in [0.5, 0.6) is 0 Å². The number of benzene rings is 2. The fourth-order valence-corrected chi connectivity index (χ4v) is 4.78. The first kappa shape index (κ1) is 23.6. The van der Waals surface area contributed by atoms with E-state index >= 15 is 0 Å². The highest BCUT2D eigenvalue weighted by Crippen LogP contribution is 2.33. The second-order valence-corrected chi connectivity index (χ2v) is 9.77. The smallest absolute Gasteiger partial charge is 0.338 e. The highest BCUT2D eigenvalue weighted by atomic mass is 32.1. The van der Waals surface area contributed by atoms with Gasteiger partial charge in [0.2, 0.25) is 0 Å². The molecule has 2 heterocycles. The molecule has 9 nitrogen and oxygen atoms in total. The maximum Gasteiger partial charge on any atom is 0.338 e. The molecule has 1 aliphatic rings. The molecule has 178 valence electrons. The molecule has 0 radical (unpaired) electrons. The van der Waals surface area contributed by atoms with Gasteiger partial charge >= 0.3 is 5.97 Å². The Labute approximate surface area is 200 Å². The Morgan fingerprint density at radius 1 is 1.18 bits per heavy atom. The van der Waals surface area contributed by atoms with Crippen LogP contribution in [0.2, 0.25) is 0 Å². The van der Waals surface area contributed by atoms with E-state index in [-0.39, 0.29) is 17.4 Å². The Kier molecular flexibility index (Phi) is 6.78. The lowest BCUT2D eigenvalue weighted by Gasteiger charge is -2.31. The molecule has 2 aromatic carbocycles. The molecule has 34 heavy (non-hydrogen) atoms. The highest BCUT2D eigenvalue weighted by Gasteiger charge is 2.25. The third kappa shape index (κ3) is 5.17. The lowest BCUT2D eigenvalue weighted by atomic mass is 9.98. The fourth-order valence-electron chi connectivity index (χ4n) is 3.88. The van der Waals surface area contributed by atoms with E-state index in [2.05, 4.69) is 17.2 Å². The number of nitro groups is 1. The summed E-state index contributed by atoms with van der Waals surface area (Å²) in [7, 11) is 0. The number of piperidine rings is 1. The van der Waals surface area contributed by atoms with Gasteiger partial charge in [-0.2, -0.15) is 0 Å². The quantitative estimate of drug-likeness (QED) is 0.289. The van der Waals surface area contributed by atoms with Crippen molar-refractivity contribution in [3.8, 4) is 0 Å². The molecule has 0 saturated carbocycles. The van der Waals surface area contributed by atoms with Crippen molar-refractivity contribution in [1.82, 2.24) is 4.98 Å². The topological polar surface area (TPSA) is 115 Å². The van der Waals surface area contributed by atoms with E-state index in [1.165, 1.54) is 17.4 Å². The summed E-state index contributed by atoms with van der Waals surface area (Å²) < 4.78 is 5.94. The van der Waals surface area contributed by atoms with Crippen LogP contribution in [-0.2, 0) is 4.74 Å². The van der Waals surface area contributed by atoms with Crippen LogP contribution in [0.25, 0.3) is 10.2 Å². The van der Waals surface area contributed by atoms with Gasteiger partial charge < -0.3 is 9.64 Å². The summed E-state index contributed by atoms with van der Waals surface area (Å²) >= 11 is 1.21. The molecular formula is C24H26N4O5S. The molecule has 1 saturated heterocycles. The van der Waals surface area contributed by atoms with E-state index < -0.39 is 16.8 Å². The van der Waals surface area contributed by atoms with Crippen molar-refractivity contribution in [3.05, 3.63) is 57.6 Å². The molecule has 1 fully saturated rings. The standard InChI is InChI=1S/C24H26N4O5S/c1-14(2)33-23(30)17-4-6-18-21(13-17)34-24(25-18)26-22(29)16-5-7-19(20(12-16)28(31)32)27-10-8-15(3)9-11-27/h4-7,12-15H,8-11H2,1-3H3,(H,25,26,29). The molecule has 1 N–H and O–H groups in total. The van der Waals surface area contributed by atoms with Crippen molar-refractivity contribution in [2.24, 2.45) is 5.92 Å². The van der Waals surface area contributed by atoms with Gasteiger partial charge in [-0.25, -0.2) is 9.78 Å². The minimum absolute atomic E-state index is 0.0835. The van der Waals surface area contributed by atoms with Crippen molar-refractivity contribution >= 4 is 49.9 Å². The SMILES string of the molecule is CC1CCN(c2ccc(C(=O)Nc3nc4ccc(C(=O)OC(C)C)cc4s3)cc2[N+](=O)[O-])CC1. The first-order valence-corrected chi connectivity index (χ1v) is 12.0. The summed E-state index contributed by atoms with van der Waals surface area (Å²) in [5, 5.41) is 14.8. The van der Waals surface area contributed by atoms with E-state index in [1.54, 1.807) is 44.2 Å². The Bertz CT molecular complexity index is 1250. The van der Waals surface area contributed by atoms with Crippen molar-refractivity contribution < 1.29 is 19.2 Å². The summed E-state index contributed by atoms with van der Waals surface area (Å²) in [4.78, 5) is 42.7. The Morgan fingerprint density at radius 3 is 2.56 bits per heavy atom. The molecule has 4 rings (SSSR count). The predicted molar refractivity (Wildman–Crippen MR) is 132 cm³/mol. The Hall–Kier alpha value is -3.53. The number of ether oxygens (including phenoxy) is 1. The van der Waals surface area contributed by atoms with Crippen LogP contribution >= 0.6 is 11.3 Å². The van der Waals surface area contributed by atoms with Crippen LogP contribution in [0.4, 0.5) is 16.5 Å². The summed E-state index contributed by atoms with van der Waals surface area (Å²) in [6.07, 6.45) is 1.73. The molecule has 3 aromatic rings. The highest BCUT2D eigenvalue weighted by molar-refractivity contribution is 7.22. The molecule has 1 aliphatic heterocycles. The number of nitrogens with one attached hydrogen (secondary N) is 1. The van der Waals surface area contributed by atoms with Gasteiger partial charge in [0.15, 0.2) is 5.13 Å². The average Bonchev–Trinajstić information content (AvgIpc) is 3.20. The van der Waals surface area contributed by atoms with Gasteiger partial charge in [-0.1, -0.05) is 18.3 Å². The molecule has 0 unspecified atom stereocenters. The predicted octanol–water partition coefficient (Wildman–Crippen LogP) is 5.26. The van der Waals surface area contributed by atoms with E-state index in [0.29, 0.717) is 32.5 Å². The number of nitro benzene ring substituents is 1. The van der Waals surface area contributed by atoms with Gasteiger partial charge in [-0.05, 0) is 62.9 Å². The zero-order valence-corrected chi connectivity index (χ0v) is 20.1. The molecular weight excluding hydrogens is 456 g/mol. The van der Waals surface area contributed by atoms with Crippen molar-refractivity contribution in [1.29, 1.82) is 0 Å². The number of fused-ring (bicyclic) bond motifs is 1. The zero-order valence-electron chi connectivity index (χ0n) is 19.2. The Balaban J connectivity index is 1.53. The summed E-state index contributed by atoms with van der Waals surface area (Å²) in [5.74, 6) is -0.307. The molecule has 1 aromatic heterocycles. The number of amides is 1. The largest absolute Gasteiger partial charge is 0.459 e. The average molecular weight is 483 g/mol. The third-order valence-electron chi connectivity index (χ3n) is 5.75. The summed E-state index contributed by atoms with van der Waals surface area (Å²) in [5.41, 5.74) is 1.67. The van der Waals surface area contributed by atoms with Gasteiger partial charge in [0, 0.05) is 24.7 Å². The van der Waals surface area contributed by atoms with Crippen LogP contribution < -0.4 is 10.2 Å². The van der Waals surface area contributed by atoms with Crippen LogP contribution in [0.15, 0.2) is 36.4 Å². The van der Waals surface area contributed by atoms with Crippen LogP contribution in [-0.4, -0.2) is 41.0 Å². The van der Waals surface area contributed by atoms with Crippen molar-refractivity contribution in [3.63, 3.8) is 0 Å². The molecule has 0 bridgehead atoms. The zero-order chi connectivity index (χ0) is 24.4. The Morgan fingerprint density at radius 2 is 1.88 bits per heavy atom. The van der Waals surface area contributed by atoms with Crippen molar-refractivity contribution in [2.45, 2.75) is 39.7 Å². The van der Waals surface area contributed by atoms with E-state index in [9.17, 15) is 19.7 Å². The first-order chi connectivity index (χ1) is 16.2. The monoisotopic (exact) mass is 482 g/mol. The summed E-state index contributed by atoms with van der Waals surface area (Å²) in [6.45, 7) is 7.25. The molecule has 0 atom stereocenters. The lowest BCUT2D eigenvalue weighted by molar-refractivity contribution is -0.384.